The largest absolute Gasteiger partial charge is 0.491 e. The Labute approximate surface area is 137 Å². The summed E-state index contributed by atoms with van der Waals surface area (Å²) in [6.45, 7) is 4.12. The minimum Gasteiger partial charge on any atom is -0.491 e. The number of rotatable bonds is 5. The highest BCUT2D eigenvalue weighted by Crippen LogP contribution is 2.27. The fourth-order valence-electron chi connectivity index (χ4n) is 2.80. The molecule has 2 amide bonds. The van der Waals surface area contributed by atoms with E-state index in [0.717, 1.165) is 23.4 Å². The van der Waals surface area contributed by atoms with Gasteiger partial charge in [-0.15, -0.1) is 0 Å². The molecule has 0 bridgehead atoms. The topological polar surface area (TPSA) is 58.6 Å². The number of amides is 2. The number of ether oxygens (including phenoxy) is 1. The second-order valence-corrected chi connectivity index (χ2v) is 6.48. The number of nitrogens with zero attached hydrogens (tertiary/aromatic N) is 1. The fraction of sp³-hybridized carbons (Fsp3) is 0.556. The molecule has 0 unspecified atom stereocenters. The van der Waals surface area contributed by atoms with E-state index in [1.807, 2.05) is 12.1 Å². The van der Waals surface area contributed by atoms with Crippen LogP contribution < -0.4 is 10.1 Å². The maximum atomic E-state index is 11.8. The molecular formula is C18H24N2O3. The number of hydrogen-bond acceptors (Lipinski definition) is 3. The molecule has 0 radical (unpaired) electrons. The predicted molar refractivity (Wildman–Crippen MR) is 87.1 cm³/mol. The molecule has 0 spiro atoms. The Balaban J connectivity index is 1.58. The third-order valence-electron chi connectivity index (χ3n) is 4.48. The standard InChI is InChI=1S/C18H24N2O3/c1-13(21)20-8-9-23-17-6-4-14(10-16(17)12-20)5-7-18(22)19-11-15-2-3-15/h4,6,10,15H,2-3,5,7-9,11-12H2,1H3,(H,19,22). The van der Waals surface area contributed by atoms with E-state index in [1.54, 1.807) is 11.8 Å². The zero-order valence-corrected chi connectivity index (χ0v) is 13.6. The maximum absolute atomic E-state index is 11.8. The highest BCUT2D eigenvalue weighted by atomic mass is 16.5. The molecule has 5 nitrogen and oxygen atoms in total. The Morgan fingerprint density at radius 3 is 2.91 bits per heavy atom. The van der Waals surface area contributed by atoms with Gasteiger partial charge in [-0.2, -0.15) is 0 Å². The highest BCUT2D eigenvalue weighted by Gasteiger charge is 2.21. The molecular weight excluding hydrogens is 292 g/mol. The van der Waals surface area contributed by atoms with Crippen molar-refractivity contribution in [2.45, 2.75) is 39.2 Å². The van der Waals surface area contributed by atoms with Crippen LogP contribution in [-0.2, 0) is 22.6 Å². The number of carbonyl (C=O) groups is 2. The van der Waals surface area contributed by atoms with Crippen molar-refractivity contribution < 1.29 is 14.3 Å². The smallest absolute Gasteiger partial charge is 0.220 e. The van der Waals surface area contributed by atoms with E-state index in [0.29, 0.717) is 38.5 Å². The summed E-state index contributed by atoms with van der Waals surface area (Å²) in [6.07, 6.45) is 3.71. The maximum Gasteiger partial charge on any atom is 0.220 e. The molecule has 0 atom stereocenters. The molecule has 1 N–H and O–H groups in total. The predicted octanol–water partition coefficient (Wildman–Crippen LogP) is 1.89. The Kier molecular flexibility index (Phi) is 4.84. The van der Waals surface area contributed by atoms with Gasteiger partial charge in [-0.3, -0.25) is 9.59 Å². The molecule has 1 saturated carbocycles. The average Bonchev–Trinajstić information content (AvgIpc) is 3.36. The number of benzene rings is 1. The molecule has 2 aliphatic rings. The van der Waals surface area contributed by atoms with E-state index in [2.05, 4.69) is 11.4 Å². The molecule has 5 heteroatoms. The molecule has 124 valence electrons. The van der Waals surface area contributed by atoms with E-state index in [-0.39, 0.29) is 11.8 Å². The lowest BCUT2D eigenvalue weighted by molar-refractivity contribution is -0.129. The Bertz CT molecular complexity index is 596. The fourth-order valence-corrected chi connectivity index (χ4v) is 2.80. The number of hydrogen-bond donors (Lipinski definition) is 1. The number of fused-ring (bicyclic) bond motifs is 1. The Morgan fingerprint density at radius 2 is 2.17 bits per heavy atom. The third kappa shape index (κ3) is 4.47. The van der Waals surface area contributed by atoms with Crippen molar-refractivity contribution in [2.24, 2.45) is 5.92 Å². The molecule has 1 aliphatic heterocycles. The average molecular weight is 316 g/mol. The molecule has 0 aromatic heterocycles. The van der Waals surface area contributed by atoms with E-state index < -0.39 is 0 Å². The summed E-state index contributed by atoms with van der Waals surface area (Å²) in [5.41, 5.74) is 2.13. The van der Waals surface area contributed by atoms with Gasteiger partial charge in [0.05, 0.1) is 6.54 Å². The Hall–Kier alpha value is -2.04. The van der Waals surface area contributed by atoms with Gasteiger partial charge in [-0.1, -0.05) is 12.1 Å². The third-order valence-corrected chi connectivity index (χ3v) is 4.48. The van der Waals surface area contributed by atoms with Gasteiger partial charge in [0.2, 0.25) is 11.8 Å². The first-order chi connectivity index (χ1) is 11.1. The summed E-state index contributed by atoms with van der Waals surface area (Å²) in [5.74, 6) is 1.73. The summed E-state index contributed by atoms with van der Waals surface area (Å²) >= 11 is 0. The second-order valence-electron chi connectivity index (χ2n) is 6.48. The molecule has 1 aromatic carbocycles. The highest BCUT2D eigenvalue weighted by molar-refractivity contribution is 5.76. The first kappa shape index (κ1) is 15.8. The van der Waals surface area contributed by atoms with E-state index in [4.69, 9.17) is 4.74 Å². The summed E-state index contributed by atoms with van der Waals surface area (Å²) in [6, 6.07) is 6.03. The van der Waals surface area contributed by atoms with Crippen molar-refractivity contribution in [3.05, 3.63) is 29.3 Å². The second kappa shape index (κ2) is 7.02. The summed E-state index contributed by atoms with van der Waals surface area (Å²) in [7, 11) is 0. The number of nitrogens with one attached hydrogen (secondary N) is 1. The number of aryl methyl sites for hydroxylation is 1. The van der Waals surface area contributed by atoms with Gasteiger partial charge in [-0.25, -0.2) is 0 Å². The summed E-state index contributed by atoms with van der Waals surface area (Å²) < 4.78 is 5.71. The SMILES string of the molecule is CC(=O)N1CCOc2ccc(CCC(=O)NCC3CC3)cc2C1. The molecule has 1 heterocycles. The van der Waals surface area contributed by atoms with Gasteiger partial charge < -0.3 is 15.0 Å². The van der Waals surface area contributed by atoms with Crippen LogP contribution in [0.4, 0.5) is 0 Å². The van der Waals surface area contributed by atoms with Gasteiger partial charge >= 0.3 is 0 Å². The first-order valence-electron chi connectivity index (χ1n) is 8.38. The van der Waals surface area contributed by atoms with E-state index >= 15 is 0 Å². The first-order valence-corrected chi connectivity index (χ1v) is 8.38. The van der Waals surface area contributed by atoms with Crippen molar-refractivity contribution in [3.63, 3.8) is 0 Å². The van der Waals surface area contributed by atoms with Gasteiger partial charge in [0.15, 0.2) is 0 Å². The monoisotopic (exact) mass is 316 g/mol. The van der Waals surface area contributed by atoms with Crippen LogP contribution in [0.1, 0.15) is 37.3 Å². The molecule has 3 rings (SSSR count). The van der Waals surface area contributed by atoms with Crippen LogP contribution in [0.2, 0.25) is 0 Å². The lowest BCUT2D eigenvalue weighted by Gasteiger charge is -2.17. The van der Waals surface area contributed by atoms with Gasteiger partial charge in [0.25, 0.3) is 0 Å². The quantitative estimate of drug-likeness (QED) is 0.902. The Morgan fingerprint density at radius 1 is 1.35 bits per heavy atom. The van der Waals surface area contributed by atoms with Crippen molar-refractivity contribution >= 4 is 11.8 Å². The minimum absolute atomic E-state index is 0.0614. The zero-order valence-electron chi connectivity index (χ0n) is 13.6. The molecule has 1 aliphatic carbocycles. The van der Waals surface area contributed by atoms with Crippen LogP contribution in [0.3, 0.4) is 0 Å². The summed E-state index contributed by atoms with van der Waals surface area (Å²) in [4.78, 5) is 25.2. The van der Waals surface area contributed by atoms with Crippen LogP contribution in [0.25, 0.3) is 0 Å². The number of carbonyl (C=O) groups excluding carboxylic acids is 2. The van der Waals surface area contributed by atoms with Crippen molar-refractivity contribution in [3.8, 4) is 5.75 Å². The summed E-state index contributed by atoms with van der Waals surface area (Å²) in [5, 5.41) is 2.99. The van der Waals surface area contributed by atoms with Gasteiger partial charge in [0, 0.05) is 32.0 Å². The molecule has 1 aromatic rings. The van der Waals surface area contributed by atoms with Crippen molar-refractivity contribution in [2.75, 3.05) is 19.7 Å². The lowest BCUT2D eigenvalue weighted by atomic mass is 10.0. The molecule has 23 heavy (non-hydrogen) atoms. The van der Waals surface area contributed by atoms with Gasteiger partial charge in [-0.05, 0) is 36.8 Å². The van der Waals surface area contributed by atoms with Crippen LogP contribution in [0.15, 0.2) is 18.2 Å². The minimum atomic E-state index is 0.0614. The molecule has 1 fully saturated rings. The van der Waals surface area contributed by atoms with Crippen LogP contribution in [0.5, 0.6) is 5.75 Å². The van der Waals surface area contributed by atoms with E-state index in [9.17, 15) is 9.59 Å². The normalized spacial score (nSPS) is 17.0. The van der Waals surface area contributed by atoms with Crippen LogP contribution in [0, 0.1) is 5.92 Å². The van der Waals surface area contributed by atoms with Crippen LogP contribution >= 0.6 is 0 Å². The van der Waals surface area contributed by atoms with E-state index in [1.165, 1.54) is 12.8 Å². The molecule has 0 saturated heterocycles. The zero-order chi connectivity index (χ0) is 16.2. The van der Waals surface area contributed by atoms with Crippen LogP contribution in [-0.4, -0.2) is 36.4 Å². The van der Waals surface area contributed by atoms with Gasteiger partial charge in [0.1, 0.15) is 12.4 Å². The van der Waals surface area contributed by atoms with Crippen molar-refractivity contribution in [1.82, 2.24) is 10.2 Å². The lowest BCUT2D eigenvalue weighted by Crippen LogP contribution is -2.30. The van der Waals surface area contributed by atoms with Crippen molar-refractivity contribution in [1.29, 1.82) is 0 Å².